The zero-order valence-corrected chi connectivity index (χ0v) is 36.2. The summed E-state index contributed by atoms with van der Waals surface area (Å²) in [7, 11) is 1.31. The van der Waals surface area contributed by atoms with Crippen molar-refractivity contribution in [2.75, 3.05) is 47.6 Å². The number of hydrogen-bond acceptors (Lipinski definition) is 14. The molecule has 0 radical (unpaired) electrons. The van der Waals surface area contributed by atoms with Crippen LogP contribution < -0.4 is 20.7 Å². The molecule has 0 spiro atoms. The third-order valence-electron chi connectivity index (χ3n) is 9.79. The van der Waals surface area contributed by atoms with Gasteiger partial charge in [0.25, 0.3) is 14.1 Å². The monoisotopic (exact) mass is 859 g/mol. The molecule has 1 aromatic heterocycles. The number of ether oxygens (including phenoxy) is 7. The molecule has 0 amide bonds. The van der Waals surface area contributed by atoms with Crippen LogP contribution in [-0.2, 0) is 38.3 Å². The second kappa shape index (κ2) is 23.3. The summed E-state index contributed by atoms with van der Waals surface area (Å²) < 4.78 is 59.3. The summed E-state index contributed by atoms with van der Waals surface area (Å²) in [4.78, 5) is 28.0. The van der Waals surface area contributed by atoms with Crippen molar-refractivity contribution >= 4 is 8.53 Å². The number of nitrogens with one attached hydrogen (secondary N) is 1. The number of hydrogen-bond donors (Lipinski definition) is 1. The van der Waals surface area contributed by atoms with Crippen LogP contribution in [-0.4, -0.2) is 92.2 Å². The Labute approximate surface area is 357 Å². The van der Waals surface area contributed by atoms with Gasteiger partial charge >= 0.3 is 5.69 Å². The van der Waals surface area contributed by atoms with Gasteiger partial charge in [-0.25, -0.2) is 9.46 Å². The topological polar surface area (TPSA) is 189 Å². The lowest BCUT2D eigenvalue weighted by molar-refractivity contribution is -0.174. The van der Waals surface area contributed by atoms with Crippen molar-refractivity contribution in [2.45, 2.75) is 82.8 Å². The smallest absolute Gasteiger partial charge is 0.330 e. The average molecular weight is 860 g/mol. The molecule has 1 aliphatic rings. The SMILES string of the molecule is COc1ccc(C(OCC2OC(n3ccc(=O)[nH]c3=O)C(OCOCOCCC#N)C2OP(OCCC#N)N(C(C)C)C(C)C)(c2ccccc2)c2ccc(OC)cc2)cc1. The van der Waals surface area contributed by atoms with E-state index >= 15 is 0 Å². The predicted octanol–water partition coefficient (Wildman–Crippen LogP) is 6.37. The molecular weight excluding hydrogens is 805 g/mol. The highest BCUT2D eigenvalue weighted by atomic mass is 31.2. The molecule has 2 heterocycles. The molecule has 16 nitrogen and oxygen atoms in total. The summed E-state index contributed by atoms with van der Waals surface area (Å²) in [5.41, 5.74) is -0.220. The molecule has 17 heteroatoms. The number of H-pyrrole nitrogens is 1. The Bertz CT molecular complexity index is 2080. The van der Waals surface area contributed by atoms with E-state index in [0.29, 0.717) is 11.5 Å². The summed E-state index contributed by atoms with van der Waals surface area (Å²) in [5, 5.41) is 18.3. The zero-order valence-electron chi connectivity index (χ0n) is 35.3. The molecule has 1 fully saturated rings. The lowest BCUT2D eigenvalue weighted by Gasteiger charge is -2.39. The van der Waals surface area contributed by atoms with Crippen LogP contribution in [0.5, 0.6) is 11.5 Å². The normalized spacial score (nSPS) is 18.3. The van der Waals surface area contributed by atoms with Crippen molar-refractivity contribution in [3.05, 3.63) is 129 Å². The predicted molar refractivity (Wildman–Crippen MR) is 225 cm³/mol. The summed E-state index contributed by atoms with van der Waals surface area (Å²) in [6.07, 6.45) is -2.54. The first-order chi connectivity index (χ1) is 29.6. The van der Waals surface area contributed by atoms with E-state index < -0.39 is 49.9 Å². The molecule has 1 aliphatic heterocycles. The Kier molecular flexibility index (Phi) is 18.0. The fourth-order valence-corrected chi connectivity index (χ4v) is 8.84. The van der Waals surface area contributed by atoms with E-state index in [1.807, 2.05) is 113 Å². The minimum atomic E-state index is -1.89. The molecule has 4 aromatic rings. The van der Waals surface area contributed by atoms with Crippen LogP contribution in [0.3, 0.4) is 0 Å². The van der Waals surface area contributed by atoms with Crippen molar-refractivity contribution < 1.29 is 42.2 Å². The highest BCUT2D eigenvalue weighted by Gasteiger charge is 2.51. The number of benzene rings is 3. The van der Waals surface area contributed by atoms with Crippen LogP contribution in [0.25, 0.3) is 0 Å². The Hall–Kier alpha value is -4.97. The van der Waals surface area contributed by atoms with E-state index in [4.69, 9.17) is 47.5 Å². The van der Waals surface area contributed by atoms with E-state index in [2.05, 4.69) is 15.7 Å². The summed E-state index contributed by atoms with van der Waals surface area (Å²) in [6, 6.07) is 30.2. The van der Waals surface area contributed by atoms with E-state index in [9.17, 15) is 14.9 Å². The van der Waals surface area contributed by atoms with Gasteiger partial charge in [-0.15, -0.1) is 0 Å². The molecule has 1 N–H and O–H groups in total. The van der Waals surface area contributed by atoms with Gasteiger partial charge in [0.1, 0.15) is 49.0 Å². The first-order valence-corrected chi connectivity index (χ1v) is 21.0. The van der Waals surface area contributed by atoms with Gasteiger partial charge in [0.15, 0.2) is 6.23 Å². The van der Waals surface area contributed by atoms with Gasteiger partial charge in [0.2, 0.25) is 0 Å². The van der Waals surface area contributed by atoms with Gasteiger partial charge in [0, 0.05) is 24.3 Å². The lowest BCUT2D eigenvalue weighted by Crippen LogP contribution is -2.43. The minimum Gasteiger partial charge on any atom is -0.497 e. The van der Waals surface area contributed by atoms with E-state index in [1.54, 1.807) is 14.2 Å². The fraction of sp³-hybridized carbons (Fsp3) is 0.455. The van der Waals surface area contributed by atoms with Crippen molar-refractivity contribution in [2.24, 2.45) is 0 Å². The Morgan fingerprint density at radius 2 is 1.38 bits per heavy atom. The van der Waals surface area contributed by atoms with Gasteiger partial charge in [-0.05, 0) is 68.7 Å². The number of rotatable bonds is 24. The van der Waals surface area contributed by atoms with Crippen molar-refractivity contribution in [3.63, 3.8) is 0 Å². The quantitative estimate of drug-likeness (QED) is 0.0354. The largest absolute Gasteiger partial charge is 0.497 e. The number of methoxy groups -OCH3 is 2. The number of aromatic amines is 1. The van der Waals surface area contributed by atoms with Crippen LogP contribution in [0.2, 0.25) is 0 Å². The van der Waals surface area contributed by atoms with Crippen LogP contribution in [0.4, 0.5) is 0 Å². The third-order valence-corrected chi connectivity index (χ3v) is 11.9. The second-order valence-electron chi connectivity index (χ2n) is 14.4. The summed E-state index contributed by atoms with van der Waals surface area (Å²) >= 11 is 0. The lowest BCUT2D eigenvalue weighted by atomic mass is 9.80. The van der Waals surface area contributed by atoms with Crippen LogP contribution in [0, 0.1) is 22.7 Å². The van der Waals surface area contributed by atoms with E-state index in [1.165, 1.54) is 16.8 Å². The summed E-state index contributed by atoms with van der Waals surface area (Å²) in [5.74, 6) is 1.31. The Balaban J connectivity index is 1.65. The molecular formula is C44H54N5O11P. The highest BCUT2D eigenvalue weighted by Crippen LogP contribution is 2.51. The number of aromatic nitrogens is 2. The molecule has 5 atom stereocenters. The van der Waals surface area contributed by atoms with E-state index in [0.717, 1.165) is 16.7 Å². The highest BCUT2D eigenvalue weighted by molar-refractivity contribution is 7.44. The van der Waals surface area contributed by atoms with Gasteiger partial charge in [-0.1, -0.05) is 54.6 Å². The molecule has 61 heavy (non-hydrogen) atoms. The van der Waals surface area contributed by atoms with Crippen molar-refractivity contribution in [3.8, 4) is 23.6 Å². The number of nitriles is 2. The van der Waals surface area contributed by atoms with Gasteiger partial charge in [-0.2, -0.15) is 10.5 Å². The van der Waals surface area contributed by atoms with E-state index in [-0.39, 0.29) is 58.3 Å². The molecule has 326 valence electrons. The average Bonchev–Trinajstić information content (AvgIpc) is 3.59. The number of nitrogens with zero attached hydrogens (tertiary/aromatic N) is 4. The summed E-state index contributed by atoms with van der Waals surface area (Å²) in [6.45, 7) is 7.72. The first-order valence-electron chi connectivity index (χ1n) is 19.9. The molecule has 1 saturated heterocycles. The first kappa shape index (κ1) is 47.1. The molecule has 0 bridgehead atoms. The van der Waals surface area contributed by atoms with Gasteiger partial charge in [-0.3, -0.25) is 14.3 Å². The zero-order chi connectivity index (χ0) is 43.8. The molecule has 5 unspecified atom stereocenters. The fourth-order valence-electron chi connectivity index (χ4n) is 7.07. The van der Waals surface area contributed by atoms with Gasteiger partial charge in [0.05, 0.1) is 59.0 Å². The standard InChI is InChI=1S/C44H54N5O11P/c1-31(2)49(32(3)4)61(58-27-11-24-46)60-40-38(59-42(48-25-22-39(50)47-43(48)51)41(40)56-30-55-29-54-26-10-23-45)28-57-44(33-12-8-7-9-13-33,34-14-18-36(52-5)19-15-34)35-16-20-37(53-6)21-17-35/h7-9,12-22,25,31-32,38,40-42H,10-11,26-30H2,1-6H3,(H,47,50,51). The molecule has 0 saturated carbocycles. The Morgan fingerprint density at radius 3 is 1.93 bits per heavy atom. The van der Waals surface area contributed by atoms with Gasteiger partial charge < -0.3 is 42.2 Å². The van der Waals surface area contributed by atoms with Crippen LogP contribution in [0.15, 0.2) is 101 Å². The maximum Gasteiger partial charge on any atom is 0.330 e. The maximum absolute atomic E-state index is 13.5. The third kappa shape index (κ3) is 11.9. The minimum absolute atomic E-state index is 0.0491. The van der Waals surface area contributed by atoms with Crippen LogP contribution >= 0.6 is 8.53 Å². The maximum atomic E-state index is 13.5. The Morgan fingerprint density at radius 1 is 0.787 bits per heavy atom. The molecule has 0 aliphatic carbocycles. The van der Waals surface area contributed by atoms with Crippen molar-refractivity contribution in [1.82, 2.24) is 14.2 Å². The molecule has 3 aromatic carbocycles. The van der Waals surface area contributed by atoms with Crippen molar-refractivity contribution in [1.29, 1.82) is 10.5 Å². The molecule has 5 rings (SSSR count). The van der Waals surface area contributed by atoms with Crippen LogP contribution in [0.1, 0.15) is 63.5 Å². The second-order valence-corrected chi connectivity index (χ2v) is 15.8.